The number of ether oxygens (including phenoxy) is 1. The molecule has 0 spiro atoms. The molecule has 5 aromatic rings. The van der Waals surface area contributed by atoms with E-state index in [0.29, 0.717) is 0 Å². The maximum Gasteiger partial charge on any atom is 0.141 e. The Labute approximate surface area is 204 Å². The first-order valence-corrected chi connectivity index (χ1v) is 11.7. The van der Waals surface area contributed by atoms with Crippen molar-refractivity contribution >= 4 is 33.7 Å². The van der Waals surface area contributed by atoms with E-state index >= 15 is 0 Å². The van der Waals surface area contributed by atoms with Crippen LogP contribution in [0.5, 0.6) is 11.5 Å². The van der Waals surface area contributed by atoms with Gasteiger partial charge in [-0.15, -0.1) is 0 Å². The molecule has 0 bridgehead atoms. The molecule has 8 heteroatoms. The minimum Gasteiger partial charge on any atom is -0.457 e. The maximum absolute atomic E-state index is 6.12. The second-order valence-electron chi connectivity index (χ2n) is 8.80. The molecule has 0 aliphatic rings. The molecule has 0 atom stereocenters. The van der Waals surface area contributed by atoms with E-state index in [0.717, 1.165) is 70.3 Å². The van der Waals surface area contributed by atoms with Crippen molar-refractivity contribution in [2.45, 2.75) is 13.3 Å². The summed E-state index contributed by atoms with van der Waals surface area (Å²) < 4.78 is 8.07. The molecule has 0 fully saturated rings. The molecule has 5 rings (SSSR count). The van der Waals surface area contributed by atoms with Crippen LogP contribution in [-0.2, 0) is 0 Å². The summed E-state index contributed by atoms with van der Waals surface area (Å²) in [7, 11) is 4.18. The van der Waals surface area contributed by atoms with Gasteiger partial charge in [0.25, 0.3) is 0 Å². The minimum atomic E-state index is 0.750. The Hall–Kier alpha value is -4.17. The number of hydrogen-bond acceptors (Lipinski definition) is 7. The van der Waals surface area contributed by atoms with Crippen LogP contribution in [0.1, 0.15) is 12.0 Å². The Bertz CT molecular complexity index is 1460. The lowest BCUT2D eigenvalue weighted by molar-refractivity contribution is 0.405. The lowest BCUT2D eigenvalue weighted by Gasteiger charge is -2.14. The predicted octanol–water partition coefficient (Wildman–Crippen LogP) is 5.49. The SMILES string of the molecule is Cc1cc(Nc2ncnc3ccc(NCCCN(C)C)cc23)ccc1Oc1ccn2ccnc2c1. The van der Waals surface area contributed by atoms with Gasteiger partial charge in [0.1, 0.15) is 29.3 Å². The number of pyridine rings is 1. The van der Waals surface area contributed by atoms with Crippen LogP contribution in [0.15, 0.2) is 73.4 Å². The lowest BCUT2D eigenvalue weighted by Crippen LogP contribution is -2.16. The molecule has 2 N–H and O–H groups in total. The van der Waals surface area contributed by atoms with Gasteiger partial charge in [0, 0.05) is 48.0 Å². The predicted molar refractivity (Wildman–Crippen MR) is 141 cm³/mol. The topological polar surface area (TPSA) is 79.6 Å². The molecule has 2 aromatic carbocycles. The molecule has 0 saturated heterocycles. The van der Waals surface area contributed by atoms with E-state index < -0.39 is 0 Å². The molecule has 0 aliphatic heterocycles. The second kappa shape index (κ2) is 9.99. The Balaban J connectivity index is 1.32. The highest BCUT2D eigenvalue weighted by atomic mass is 16.5. The van der Waals surface area contributed by atoms with Gasteiger partial charge in [-0.25, -0.2) is 15.0 Å². The second-order valence-corrected chi connectivity index (χ2v) is 8.80. The van der Waals surface area contributed by atoms with Gasteiger partial charge < -0.3 is 24.7 Å². The summed E-state index contributed by atoms with van der Waals surface area (Å²) in [4.78, 5) is 15.4. The molecular formula is C27H29N7O. The van der Waals surface area contributed by atoms with Crippen LogP contribution in [-0.4, -0.2) is 51.4 Å². The van der Waals surface area contributed by atoms with Gasteiger partial charge in [-0.1, -0.05) is 0 Å². The summed E-state index contributed by atoms with van der Waals surface area (Å²) in [6, 6.07) is 16.1. The highest BCUT2D eigenvalue weighted by molar-refractivity contribution is 5.93. The highest BCUT2D eigenvalue weighted by Gasteiger charge is 2.09. The Morgan fingerprint density at radius 2 is 1.83 bits per heavy atom. The van der Waals surface area contributed by atoms with Crippen molar-refractivity contribution < 1.29 is 4.74 Å². The van der Waals surface area contributed by atoms with Crippen LogP contribution in [0.25, 0.3) is 16.6 Å². The van der Waals surface area contributed by atoms with E-state index in [1.54, 1.807) is 12.5 Å². The average Bonchev–Trinajstić information content (AvgIpc) is 3.32. The zero-order valence-electron chi connectivity index (χ0n) is 20.2. The van der Waals surface area contributed by atoms with Crippen molar-refractivity contribution in [3.8, 4) is 11.5 Å². The first kappa shape index (κ1) is 22.6. The monoisotopic (exact) mass is 467 g/mol. The van der Waals surface area contributed by atoms with Crippen molar-refractivity contribution in [3.63, 3.8) is 0 Å². The molecule has 0 amide bonds. The van der Waals surface area contributed by atoms with E-state index in [2.05, 4.69) is 62.8 Å². The molecule has 178 valence electrons. The Morgan fingerprint density at radius 3 is 2.69 bits per heavy atom. The number of benzene rings is 2. The van der Waals surface area contributed by atoms with Crippen molar-refractivity contribution in [2.75, 3.05) is 37.8 Å². The molecule has 0 saturated carbocycles. The molecule has 0 unspecified atom stereocenters. The summed E-state index contributed by atoms with van der Waals surface area (Å²) >= 11 is 0. The normalized spacial score (nSPS) is 11.3. The van der Waals surface area contributed by atoms with Gasteiger partial charge in [0.2, 0.25) is 0 Å². The standard InChI is InChI=1S/C27H29N7O/c1-19-15-21(6-8-25(19)35-22-9-13-34-14-11-29-26(34)17-22)32-27-23-16-20(28-10-4-12-33(2)3)5-7-24(23)30-18-31-27/h5-9,11,13-18,28H,4,10,12H2,1-3H3,(H,30,31,32). The number of aryl methyl sites for hydroxylation is 1. The van der Waals surface area contributed by atoms with E-state index in [4.69, 9.17) is 4.74 Å². The number of nitrogens with zero attached hydrogens (tertiary/aromatic N) is 5. The number of rotatable bonds is 9. The molecule has 3 aromatic heterocycles. The fourth-order valence-electron chi connectivity index (χ4n) is 3.95. The van der Waals surface area contributed by atoms with E-state index in [1.807, 2.05) is 54.0 Å². The summed E-state index contributed by atoms with van der Waals surface area (Å²) in [5.74, 6) is 2.31. The number of hydrogen-bond donors (Lipinski definition) is 2. The average molecular weight is 468 g/mol. The first-order chi connectivity index (χ1) is 17.0. The molecule has 0 aliphatic carbocycles. The van der Waals surface area contributed by atoms with Crippen LogP contribution in [0.4, 0.5) is 17.2 Å². The Morgan fingerprint density at radius 1 is 0.943 bits per heavy atom. The highest BCUT2D eigenvalue weighted by Crippen LogP contribution is 2.30. The summed E-state index contributed by atoms with van der Waals surface area (Å²) in [6.07, 6.45) is 8.28. The number of aromatic nitrogens is 4. The number of anilines is 3. The summed E-state index contributed by atoms with van der Waals surface area (Å²) in [6.45, 7) is 3.99. The van der Waals surface area contributed by atoms with Crippen molar-refractivity contribution in [1.29, 1.82) is 0 Å². The Kier molecular flexibility index (Phi) is 6.45. The van der Waals surface area contributed by atoms with Gasteiger partial charge in [0.15, 0.2) is 0 Å². The van der Waals surface area contributed by atoms with Crippen LogP contribution >= 0.6 is 0 Å². The minimum absolute atomic E-state index is 0.750. The van der Waals surface area contributed by atoms with Crippen LogP contribution < -0.4 is 15.4 Å². The van der Waals surface area contributed by atoms with Crippen molar-refractivity contribution in [1.82, 2.24) is 24.3 Å². The third kappa shape index (κ3) is 5.33. The van der Waals surface area contributed by atoms with Crippen LogP contribution in [0.2, 0.25) is 0 Å². The number of nitrogens with one attached hydrogen (secondary N) is 2. The van der Waals surface area contributed by atoms with Crippen LogP contribution in [0.3, 0.4) is 0 Å². The van der Waals surface area contributed by atoms with Gasteiger partial charge in [-0.3, -0.25) is 0 Å². The van der Waals surface area contributed by atoms with E-state index in [-0.39, 0.29) is 0 Å². The molecule has 3 heterocycles. The third-order valence-corrected chi connectivity index (χ3v) is 5.78. The van der Waals surface area contributed by atoms with Crippen molar-refractivity contribution in [3.05, 3.63) is 79.0 Å². The number of fused-ring (bicyclic) bond motifs is 2. The molecule has 0 radical (unpaired) electrons. The summed E-state index contributed by atoms with van der Waals surface area (Å²) in [5.41, 5.74) is 4.75. The lowest BCUT2D eigenvalue weighted by atomic mass is 10.1. The summed E-state index contributed by atoms with van der Waals surface area (Å²) in [5, 5.41) is 7.92. The van der Waals surface area contributed by atoms with Crippen LogP contribution in [0, 0.1) is 6.92 Å². The van der Waals surface area contributed by atoms with Gasteiger partial charge in [-0.05, 0) is 82.0 Å². The van der Waals surface area contributed by atoms with E-state index in [1.165, 1.54) is 0 Å². The molecule has 35 heavy (non-hydrogen) atoms. The van der Waals surface area contributed by atoms with Crippen molar-refractivity contribution in [2.24, 2.45) is 0 Å². The fourth-order valence-corrected chi connectivity index (χ4v) is 3.95. The first-order valence-electron chi connectivity index (χ1n) is 11.7. The third-order valence-electron chi connectivity index (χ3n) is 5.78. The van der Waals surface area contributed by atoms with Gasteiger partial charge in [-0.2, -0.15) is 0 Å². The quantitative estimate of drug-likeness (QED) is 0.278. The van der Waals surface area contributed by atoms with E-state index in [9.17, 15) is 0 Å². The largest absolute Gasteiger partial charge is 0.457 e. The maximum atomic E-state index is 6.12. The smallest absolute Gasteiger partial charge is 0.141 e. The zero-order valence-corrected chi connectivity index (χ0v) is 20.2. The van der Waals surface area contributed by atoms with Gasteiger partial charge in [0.05, 0.1) is 5.52 Å². The molecule has 8 nitrogen and oxygen atoms in total. The zero-order chi connectivity index (χ0) is 24.2. The van der Waals surface area contributed by atoms with Gasteiger partial charge >= 0.3 is 0 Å². The number of imidazole rings is 1. The molecular weight excluding hydrogens is 438 g/mol. The fraction of sp³-hybridized carbons (Fsp3) is 0.222.